The lowest BCUT2D eigenvalue weighted by Gasteiger charge is -2.08. The normalized spacial score (nSPS) is 11.1. The van der Waals surface area contributed by atoms with Crippen LogP contribution in [0.3, 0.4) is 0 Å². The first-order valence-corrected chi connectivity index (χ1v) is 7.31. The molecule has 23 heavy (non-hydrogen) atoms. The standard InChI is InChI=1S/C16H11BrF3NO2/c17-12-2-1-3-13(8-12)21-15(23)9-14(22)10-4-6-11(7-5-10)16(18,19)20/h1-8H,9H2,(H,21,23). The van der Waals surface area contributed by atoms with E-state index in [0.29, 0.717) is 5.69 Å². The van der Waals surface area contributed by atoms with Crippen molar-refractivity contribution in [2.75, 3.05) is 5.32 Å². The molecule has 0 bridgehead atoms. The van der Waals surface area contributed by atoms with Crippen LogP contribution in [0, 0.1) is 0 Å². The molecule has 0 radical (unpaired) electrons. The number of ketones is 1. The van der Waals surface area contributed by atoms with E-state index in [2.05, 4.69) is 21.2 Å². The molecule has 1 N–H and O–H groups in total. The average Bonchev–Trinajstić information content (AvgIpc) is 2.46. The topological polar surface area (TPSA) is 46.2 Å². The Morgan fingerprint density at radius 1 is 1.04 bits per heavy atom. The summed E-state index contributed by atoms with van der Waals surface area (Å²) >= 11 is 3.25. The predicted molar refractivity (Wildman–Crippen MR) is 83.2 cm³/mol. The van der Waals surface area contributed by atoms with Gasteiger partial charge in [0, 0.05) is 15.7 Å². The van der Waals surface area contributed by atoms with Gasteiger partial charge in [0.2, 0.25) is 5.91 Å². The van der Waals surface area contributed by atoms with Gasteiger partial charge in [-0.3, -0.25) is 9.59 Å². The molecule has 7 heteroatoms. The van der Waals surface area contributed by atoms with Gasteiger partial charge in [-0.15, -0.1) is 0 Å². The van der Waals surface area contributed by atoms with Crippen molar-refractivity contribution in [2.24, 2.45) is 0 Å². The third-order valence-electron chi connectivity index (χ3n) is 2.96. The second kappa shape index (κ2) is 6.95. The highest BCUT2D eigenvalue weighted by atomic mass is 79.9. The summed E-state index contributed by atoms with van der Waals surface area (Å²) in [6, 6.07) is 10.6. The minimum absolute atomic E-state index is 0.0578. The Labute approximate surface area is 138 Å². The number of nitrogens with one attached hydrogen (secondary N) is 1. The van der Waals surface area contributed by atoms with E-state index in [0.717, 1.165) is 28.7 Å². The minimum Gasteiger partial charge on any atom is -0.326 e. The van der Waals surface area contributed by atoms with Crippen molar-refractivity contribution in [3.63, 3.8) is 0 Å². The van der Waals surface area contributed by atoms with Gasteiger partial charge in [0.15, 0.2) is 5.78 Å². The summed E-state index contributed by atoms with van der Waals surface area (Å²) in [5, 5.41) is 2.55. The molecule has 0 aliphatic rings. The molecule has 0 aliphatic heterocycles. The maximum Gasteiger partial charge on any atom is 0.416 e. The first-order chi connectivity index (χ1) is 10.8. The molecule has 3 nitrogen and oxygen atoms in total. The molecule has 0 aliphatic carbocycles. The molecule has 2 rings (SSSR count). The first-order valence-electron chi connectivity index (χ1n) is 6.51. The van der Waals surface area contributed by atoms with E-state index in [9.17, 15) is 22.8 Å². The minimum atomic E-state index is -4.46. The number of halogens is 4. The van der Waals surface area contributed by atoms with Crippen LogP contribution in [0.1, 0.15) is 22.3 Å². The van der Waals surface area contributed by atoms with E-state index in [1.54, 1.807) is 24.3 Å². The summed E-state index contributed by atoms with van der Waals surface area (Å²) in [5.74, 6) is -1.08. The first kappa shape index (κ1) is 17.2. The van der Waals surface area contributed by atoms with Crippen molar-refractivity contribution < 1.29 is 22.8 Å². The van der Waals surface area contributed by atoms with Crippen molar-refractivity contribution in [2.45, 2.75) is 12.6 Å². The molecular formula is C16H11BrF3NO2. The molecule has 0 fully saturated rings. The fraction of sp³-hybridized carbons (Fsp3) is 0.125. The lowest BCUT2D eigenvalue weighted by molar-refractivity contribution is -0.137. The number of carbonyl (C=O) groups excluding carboxylic acids is 2. The number of hydrogen-bond acceptors (Lipinski definition) is 2. The number of Topliss-reactive ketones (excluding diaryl/α,β-unsaturated/α-hetero) is 1. The molecule has 0 saturated carbocycles. The number of anilines is 1. The molecular weight excluding hydrogens is 375 g/mol. The SMILES string of the molecule is O=C(CC(=O)c1ccc(C(F)(F)F)cc1)Nc1cccc(Br)c1. The zero-order valence-electron chi connectivity index (χ0n) is 11.7. The lowest BCUT2D eigenvalue weighted by Crippen LogP contribution is -2.16. The quantitative estimate of drug-likeness (QED) is 0.613. The molecule has 0 atom stereocenters. The summed E-state index contributed by atoms with van der Waals surface area (Å²) in [6.45, 7) is 0. The molecule has 120 valence electrons. The van der Waals surface area contributed by atoms with Gasteiger partial charge in [0.05, 0.1) is 12.0 Å². The lowest BCUT2D eigenvalue weighted by atomic mass is 10.1. The van der Waals surface area contributed by atoms with Crippen LogP contribution < -0.4 is 5.32 Å². The second-order valence-electron chi connectivity index (χ2n) is 4.73. The maximum atomic E-state index is 12.5. The Hall–Kier alpha value is -2.15. The highest BCUT2D eigenvalue weighted by Crippen LogP contribution is 2.29. The predicted octanol–water partition coefficient (Wildman–Crippen LogP) is 4.68. The maximum absolute atomic E-state index is 12.5. The highest BCUT2D eigenvalue weighted by molar-refractivity contribution is 9.10. The van der Waals surface area contributed by atoms with Crippen LogP contribution >= 0.6 is 15.9 Å². The zero-order chi connectivity index (χ0) is 17.0. The second-order valence-corrected chi connectivity index (χ2v) is 5.65. The van der Waals surface area contributed by atoms with Crippen molar-refractivity contribution in [1.29, 1.82) is 0 Å². The van der Waals surface area contributed by atoms with Crippen LogP contribution in [0.5, 0.6) is 0 Å². The Kier molecular flexibility index (Phi) is 5.20. The van der Waals surface area contributed by atoms with Gasteiger partial charge in [-0.1, -0.05) is 34.1 Å². The Morgan fingerprint density at radius 2 is 1.70 bits per heavy atom. The van der Waals surface area contributed by atoms with Crippen molar-refractivity contribution in [3.05, 3.63) is 64.1 Å². The molecule has 0 aromatic heterocycles. The third-order valence-corrected chi connectivity index (χ3v) is 3.46. The molecule has 0 unspecified atom stereocenters. The fourth-order valence-electron chi connectivity index (χ4n) is 1.86. The van der Waals surface area contributed by atoms with Crippen LogP contribution in [-0.4, -0.2) is 11.7 Å². The summed E-state index contributed by atoms with van der Waals surface area (Å²) < 4.78 is 38.1. The van der Waals surface area contributed by atoms with Crippen LogP contribution in [0.2, 0.25) is 0 Å². The third kappa shape index (κ3) is 4.92. The molecule has 1 amide bonds. The van der Waals surface area contributed by atoms with Gasteiger partial charge in [0.1, 0.15) is 0 Å². The van der Waals surface area contributed by atoms with E-state index >= 15 is 0 Å². The fourth-order valence-corrected chi connectivity index (χ4v) is 2.26. The van der Waals surface area contributed by atoms with E-state index < -0.39 is 29.9 Å². The van der Waals surface area contributed by atoms with Gasteiger partial charge in [-0.25, -0.2) is 0 Å². The van der Waals surface area contributed by atoms with Crippen molar-refractivity contribution >= 4 is 33.3 Å². The Morgan fingerprint density at radius 3 is 2.26 bits per heavy atom. The smallest absolute Gasteiger partial charge is 0.326 e. The Bertz CT molecular complexity index is 727. The Balaban J connectivity index is 2.00. The van der Waals surface area contributed by atoms with E-state index in [1.165, 1.54) is 0 Å². The number of amides is 1. The molecule has 2 aromatic carbocycles. The van der Waals surface area contributed by atoms with Crippen LogP contribution in [0.15, 0.2) is 53.0 Å². The van der Waals surface area contributed by atoms with Crippen molar-refractivity contribution in [3.8, 4) is 0 Å². The molecule has 0 saturated heterocycles. The van der Waals surface area contributed by atoms with Crippen LogP contribution in [0.4, 0.5) is 18.9 Å². The number of alkyl halides is 3. The highest BCUT2D eigenvalue weighted by Gasteiger charge is 2.30. The van der Waals surface area contributed by atoms with Crippen LogP contribution in [0.25, 0.3) is 0 Å². The van der Waals surface area contributed by atoms with Gasteiger partial charge >= 0.3 is 6.18 Å². The largest absolute Gasteiger partial charge is 0.416 e. The van der Waals surface area contributed by atoms with Gasteiger partial charge in [-0.2, -0.15) is 13.2 Å². The summed E-state index contributed by atoms with van der Waals surface area (Å²) in [5.41, 5.74) is -0.264. The molecule has 0 heterocycles. The summed E-state index contributed by atoms with van der Waals surface area (Å²) in [7, 11) is 0. The number of carbonyl (C=O) groups is 2. The van der Waals surface area contributed by atoms with E-state index in [4.69, 9.17) is 0 Å². The summed E-state index contributed by atoms with van der Waals surface area (Å²) in [6.07, 6.45) is -4.91. The summed E-state index contributed by atoms with van der Waals surface area (Å²) in [4.78, 5) is 23.7. The van der Waals surface area contributed by atoms with Gasteiger partial charge in [-0.05, 0) is 30.3 Å². The van der Waals surface area contributed by atoms with E-state index in [-0.39, 0.29) is 5.56 Å². The molecule has 2 aromatic rings. The van der Waals surface area contributed by atoms with E-state index in [1.807, 2.05) is 0 Å². The number of hydrogen-bond donors (Lipinski definition) is 1. The van der Waals surface area contributed by atoms with Crippen molar-refractivity contribution in [1.82, 2.24) is 0 Å². The van der Waals surface area contributed by atoms with Gasteiger partial charge in [0.25, 0.3) is 0 Å². The number of rotatable bonds is 4. The number of benzene rings is 2. The average molecular weight is 386 g/mol. The van der Waals surface area contributed by atoms with Gasteiger partial charge < -0.3 is 5.32 Å². The van der Waals surface area contributed by atoms with Crippen LogP contribution in [-0.2, 0) is 11.0 Å². The zero-order valence-corrected chi connectivity index (χ0v) is 13.2. The molecule has 0 spiro atoms. The monoisotopic (exact) mass is 385 g/mol.